The van der Waals surface area contributed by atoms with Crippen molar-refractivity contribution >= 4 is 57.6 Å². The molecule has 1 aliphatic carbocycles. The number of carbonyl (C=O) groups is 2. The Morgan fingerprint density at radius 3 is 2.49 bits per heavy atom. The molecule has 0 radical (unpaired) electrons. The molecule has 1 N–H and O–H groups in total. The van der Waals surface area contributed by atoms with E-state index in [0.29, 0.717) is 39.7 Å². The molecule has 0 bridgehead atoms. The van der Waals surface area contributed by atoms with Gasteiger partial charge in [0.15, 0.2) is 5.78 Å². The number of para-hydroxylation sites is 2. The second kappa shape index (κ2) is 10.5. The van der Waals surface area contributed by atoms with E-state index in [1.165, 1.54) is 11.3 Å². The van der Waals surface area contributed by atoms with Gasteiger partial charge in [-0.1, -0.05) is 53.5 Å². The first-order valence-electron chi connectivity index (χ1n) is 12.5. The molecule has 2 unspecified atom stereocenters. The Balaban J connectivity index is 1.51. The van der Waals surface area contributed by atoms with Gasteiger partial charge < -0.3 is 10.1 Å². The maximum absolute atomic E-state index is 14.3. The molecule has 0 saturated carbocycles. The molecule has 196 valence electrons. The summed E-state index contributed by atoms with van der Waals surface area (Å²) in [6.07, 6.45) is 0.984. The highest BCUT2D eigenvalue weighted by atomic mass is 35.5. The average Bonchev–Trinajstić information content (AvgIpc) is 3.44. The van der Waals surface area contributed by atoms with Crippen LogP contribution in [0, 0.1) is 0 Å². The molecule has 2 atom stereocenters. The number of anilines is 2. The van der Waals surface area contributed by atoms with Crippen LogP contribution >= 0.6 is 34.5 Å². The van der Waals surface area contributed by atoms with Gasteiger partial charge in [-0.25, -0.2) is 0 Å². The molecule has 8 heteroatoms. The van der Waals surface area contributed by atoms with E-state index in [-0.39, 0.29) is 17.6 Å². The highest BCUT2D eigenvalue weighted by Gasteiger charge is 2.42. The predicted octanol–water partition coefficient (Wildman–Crippen LogP) is 8.28. The number of benzene rings is 3. The molecule has 2 aliphatic rings. The minimum Gasteiger partial charge on any atom is -0.497 e. The summed E-state index contributed by atoms with van der Waals surface area (Å²) in [5.41, 5.74) is 4.38. The molecule has 39 heavy (non-hydrogen) atoms. The van der Waals surface area contributed by atoms with Gasteiger partial charge in [0.05, 0.1) is 28.5 Å². The van der Waals surface area contributed by atoms with Crippen LogP contribution in [0.15, 0.2) is 95.5 Å². The van der Waals surface area contributed by atoms with Crippen LogP contribution in [0.2, 0.25) is 10.0 Å². The largest absolute Gasteiger partial charge is 0.497 e. The zero-order valence-electron chi connectivity index (χ0n) is 21.0. The van der Waals surface area contributed by atoms with Gasteiger partial charge in [-0.2, -0.15) is 0 Å². The van der Waals surface area contributed by atoms with Gasteiger partial charge in [0, 0.05) is 28.1 Å². The van der Waals surface area contributed by atoms with Gasteiger partial charge in [0.25, 0.3) is 5.91 Å². The van der Waals surface area contributed by atoms with E-state index in [2.05, 4.69) is 5.32 Å². The van der Waals surface area contributed by atoms with E-state index < -0.39 is 6.04 Å². The topological polar surface area (TPSA) is 58.6 Å². The quantitative estimate of drug-likeness (QED) is 0.266. The van der Waals surface area contributed by atoms with Gasteiger partial charge in [-0.3, -0.25) is 14.5 Å². The fourth-order valence-corrected chi connectivity index (χ4v) is 6.53. The van der Waals surface area contributed by atoms with Crippen LogP contribution in [0.3, 0.4) is 0 Å². The molecular formula is C31H24Cl2N2O3S. The fraction of sp³-hybridized carbons (Fsp3) is 0.161. The molecule has 5 nitrogen and oxygen atoms in total. The average molecular weight is 576 g/mol. The van der Waals surface area contributed by atoms with Crippen molar-refractivity contribution in [3.63, 3.8) is 0 Å². The number of ketones is 1. The third-order valence-electron chi connectivity index (χ3n) is 7.27. The number of allylic oxidation sites excluding steroid dienone is 1. The highest BCUT2D eigenvalue weighted by Crippen LogP contribution is 2.48. The first kappa shape index (κ1) is 25.7. The van der Waals surface area contributed by atoms with E-state index in [4.69, 9.17) is 27.9 Å². The van der Waals surface area contributed by atoms with Gasteiger partial charge in [-0.05, 0) is 71.8 Å². The van der Waals surface area contributed by atoms with Crippen molar-refractivity contribution in [2.45, 2.75) is 24.8 Å². The normalized spacial score (nSPS) is 18.6. The lowest BCUT2D eigenvalue weighted by atomic mass is 9.79. The molecule has 0 fully saturated rings. The summed E-state index contributed by atoms with van der Waals surface area (Å²) in [6.45, 7) is 0. The first-order valence-corrected chi connectivity index (χ1v) is 14.2. The maximum Gasteiger partial charge on any atom is 0.259 e. The Hall–Kier alpha value is -3.58. The van der Waals surface area contributed by atoms with Crippen LogP contribution in [0.25, 0.3) is 0 Å². The van der Waals surface area contributed by atoms with Crippen LogP contribution in [-0.4, -0.2) is 18.8 Å². The van der Waals surface area contributed by atoms with Crippen molar-refractivity contribution < 1.29 is 14.3 Å². The molecule has 1 aliphatic heterocycles. The van der Waals surface area contributed by atoms with Crippen molar-refractivity contribution in [3.05, 3.63) is 122 Å². The van der Waals surface area contributed by atoms with Crippen LogP contribution in [0.4, 0.5) is 11.4 Å². The molecule has 1 amide bonds. The third-order valence-corrected chi connectivity index (χ3v) is 8.94. The van der Waals surface area contributed by atoms with Gasteiger partial charge >= 0.3 is 0 Å². The molecular weight excluding hydrogens is 551 g/mol. The van der Waals surface area contributed by atoms with E-state index >= 15 is 0 Å². The second-order valence-corrected chi connectivity index (χ2v) is 11.4. The summed E-state index contributed by atoms with van der Waals surface area (Å²) < 4.78 is 5.32. The lowest BCUT2D eigenvalue weighted by Gasteiger charge is -2.34. The summed E-state index contributed by atoms with van der Waals surface area (Å²) >= 11 is 14.0. The monoisotopic (exact) mass is 574 g/mol. The zero-order valence-corrected chi connectivity index (χ0v) is 23.3. The number of nitrogens with zero attached hydrogens (tertiary/aromatic N) is 1. The van der Waals surface area contributed by atoms with Crippen molar-refractivity contribution in [1.82, 2.24) is 0 Å². The standard InChI is InChI=1S/C31H24Cl2N2O3S/c1-38-21-11-8-18(9-12-21)20-16-25-29(27(36)17-20)30(28-7-4-14-39-28)35(26-6-3-2-5-24(26)34-25)31(37)19-10-13-22(32)23(33)15-19/h2-15,20,30,34H,16-17H2,1H3. The van der Waals surface area contributed by atoms with Crippen LogP contribution in [0.5, 0.6) is 5.75 Å². The Bertz CT molecular complexity index is 1600. The number of fused-ring (bicyclic) bond motifs is 1. The Morgan fingerprint density at radius 1 is 0.974 bits per heavy atom. The number of amides is 1. The van der Waals surface area contributed by atoms with Crippen molar-refractivity contribution in [2.24, 2.45) is 0 Å². The van der Waals surface area contributed by atoms with Crippen molar-refractivity contribution in [3.8, 4) is 5.75 Å². The number of carbonyl (C=O) groups excluding carboxylic acids is 2. The van der Waals surface area contributed by atoms with Gasteiger partial charge in [-0.15, -0.1) is 11.3 Å². The summed E-state index contributed by atoms with van der Waals surface area (Å²) in [6, 6.07) is 23.7. The number of hydrogen-bond acceptors (Lipinski definition) is 5. The van der Waals surface area contributed by atoms with E-state index in [9.17, 15) is 9.59 Å². The van der Waals surface area contributed by atoms with E-state index in [1.54, 1.807) is 30.2 Å². The third kappa shape index (κ3) is 4.73. The second-order valence-electron chi connectivity index (χ2n) is 9.56. The number of nitrogens with one attached hydrogen (secondary N) is 1. The lowest BCUT2D eigenvalue weighted by molar-refractivity contribution is -0.116. The minimum absolute atomic E-state index is 0.00290. The summed E-state index contributed by atoms with van der Waals surface area (Å²) in [7, 11) is 1.64. The molecule has 0 spiro atoms. The fourth-order valence-electron chi connectivity index (χ4n) is 5.41. The number of thiophene rings is 1. The number of hydrogen-bond donors (Lipinski definition) is 1. The summed E-state index contributed by atoms with van der Waals surface area (Å²) in [5, 5.41) is 6.20. The van der Waals surface area contributed by atoms with Crippen molar-refractivity contribution in [2.75, 3.05) is 17.3 Å². The Morgan fingerprint density at radius 2 is 1.77 bits per heavy atom. The first-order chi connectivity index (χ1) is 18.9. The number of rotatable bonds is 4. The van der Waals surface area contributed by atoms with E-state index in [1.807, 2.05) is 66.0 Å². The summed E-state index contributed by atoms with van der Waals surface area (Å²) in [4.78, 5) is 31.0. The van der Waals surface area contributed by atoms with Gasteiger partial charge in [0.2, 0.25) is 0 Å². The minimum atomic E-state index is -0.595. The smallest absolute Gasteiger partial charge is 0.259 e. The number of Topliss-reactive ketones (excluding diaryl/α,β-unsaturated/α-hetero) is 1. The van der Waals surface area contributed by atoms with Crippen molar-refractivity contribution in [1.29, 1.82) is 0 Å². The number of methoxy groups -OCH3 is 1. The Kier molecular flexibility index (Phi) is 6.94. The number of halogens is 2. The SMILES string of the molecule is COc1ccc(C2CC(=O)C3=C(C2)Nc2ccccc2N(C(=O)c2ccc(Cl)c(Cl)c2)C3c2cccs2)cc1. The molecule has 0 saturated heterocycles. The van der Waals surface area contributed by atoms with Gasteiger partial charge in [0.1, 0.15) is 11.8 Å². The molecule has 1 aromatic heterocycles. The number of ether oxygens (including phenoxy) is 1. The molecule has 6 rings (SSSR count). The zero-order chi connectivity index (χ0) is 27.1. The highest BCUT2D eigenvalue weighted by molar-refractivity contribution is 7.10. The maximum atomic E-state index is 14.3. The van der Waals surface area contributed by atoms with Crippen LogP contribution in [0.1, 0.15) is 45.6 Å². The Labute approximate surface area is 240 Å². The predicted molar refractivity (Wildman–Crippen MR) is 157 cm³/mol. The summed E-state index contributed by atoms with van der Waals surface area (Å²) in [5.74, 6) is 0.530. The molecule has 2 heterocycles. The van der Waals surface area contributed by atoms with Crippen LogP contribution < -0.4 is 15.0 Å². The lowest BCUT2D eigenvalue weighted by Crippen LogP contribution is -2.38. The molecule has 3 aromatic carbocycles. The molecule has 4 aromatic rings. The van der Waals surface area contributed by atoms with E-state index in [0.717, 1.165) is 27.6 Å². The van der Waals surface area contributed by atoms with Crippen LogP contribution in [-0.2, 0) is 4.79 Å².